The Balaban J connectivity index is 2.09. The monoisotopic (exact) mass is 414 g/mol. The van der Waals surface area contributed by atoms with Crippen molar-refractivity contribution < 1.29 is 27.5 Å². The van der Waals surface area contributed by atoms with Gasteiger partial charge in [0.05, 0.1) is 5.02 Å². The molecule has 9 heteroatoms. The highest BCUT2D eigenvalue weighted by Gasteiger charge is 2.25. The smallest absolute Gasteiger partial charge is 0.387 e. The Bertz CT molecular complexity index is 845. The van der Waals surface area contributed by atoms with Crippen molar-refractivity contribution >= 4 is 29.1 Å². The lowest BCUT2D eigenvalue weighted by molar-refractivity contribution is -0.118. The van der Waals surface area contributed by atoms with Gasteiger partial charge in [-0.3, -0.25) is 9.59 Å². The lowest BCUT2D eigenvalue weighted by atomic mass is 10.0. The molecule has 2 aromatic rings. The van der Waals surface area contributed by atoms with E-state index in [2.05, 4.69) is 15.4 Å². The first-order valence-corrected chi connectivity index (χ1v) is 8.67. The van der Waals surface area contributed by atoms with Crippen LogP contribution in [0.5, 0.6) is 5.75 Å². The molecule has 0 aliphatic heterocycles. The summed E-state index contributed by atoms with van der Waals surface area (Å²) in [6.07, 6.45) is 0. The fraction of sp³-hybridized carbons (Fsp3) is 0.263. The molecule has 1 atom stereocenters. The minimum absolute atomic E-state index is 0.102. The molecule has 0 saturated carbocycles. The van der Waals surface area contributed by atoms with Crippen molar-refractivity contribution in [3.63, 3.8) is 0 Å². The zero-order valence-electron chi connectivity index (χ0n) is 15.0. The van der Waals surface area contributed by atoms with Gasteiger partial charge in [0.1, 0.15) is 17.6 Å². The number of halogens is 4. The topological polar surface area (TPSA) is 67.4 Å². The first-order valence-electron chi connectivity index (χ1n) is 8.29. The second kappa shape index (κ2) is 9.45. The molecule has 5 nitrogen and oxygen atoms in total. The highest BCUT2D eigenvalue weighted by molar-refractivity contribution is 6.32. The van der Waals surface area contributed by atoms with Gasteiger partial charge in [0.15, 0.2) is 0 Å². The normalized spacial score (nSPS) is 12.0. The lowest BCUT2D eigenvalue weighted by Crippen LogP contribution is -2.47. The molecule has 0 aliphatic rings. The predicted octanol–water partition coefficient (Wildman–Crippen LogP) is 4.47. The minimum Gasteiger partial charge on any atom is -0.433 e. The predicted molar refractivity (Wildman–Crippen MR) is 99.2 cm³/mol. The molecule has 0 fully saturated rings. The number of rotatable bonds is 7. The number of carbonyl (C=O) groups is 2. The third kappa shape index (κ3) is 5.88. The van der Waals surface area contributed by atoms with Gasteiger partial charge >= 0.3 is 6.61 Å². The van der Waals surface area contributed by atoms with Crippen LogP contribution in [0.4, 0.5) is 18.9 Å². The van der Waals surface area contributed by atoms with Crippen LogP contribution in [0, 0.1) is 11.7 Å². The third-order valence-corrected chi connectivity index (χ3v) is 4.05. The SMILES string of the molecule is CC(C)C(NC(=O)c1ccc(F)cc1)C(=O)Nc1ccc(OC(F)F)c(Cl)c1. The number of alkyl halides is 2. The highest BCUT2D eigenvalue weighted by atomic mass is 35.5. The Labute approximate surface area is 164 Å². The van der Waals surface area contributed by atoms with Crippen molar-refractivity contribution in [2.45, 2.75) is 26.5 Å². The van der Waals surface area contributed by atoms with Gasteiger partial charge in [-0.1, -0.05) is 25.4 Å². The third-order valence-electron chi connectivity index (χ3n) is 3.76. The van der Waals surface area contributed by atoms with Crippen LogP contribution in [0.25, 0.3) is 0 Å². The number of hydrogen-bond donors (Lipinski definition) is 2. The van der Waals surface area contributed by atoms with E-state index in [0.717, 1.165) is 12.1 Å². The summed E-state index contributed by atoms with van der Waals surface area (Å²) in [6.45, 7) is 0.452. The molecule has 1 unspecified atom stereocenters. The Morgan fingerprint density at radius 2 is 1.71 bits per heavy atom. The standard InChI is InChI=1S/C19H18ClF3N2O3/c1-10(2)16(25-17(26)11-3-5-12(21)6-4-11)18(27)24-13-7-8-15(14(20)9-13)28-19(22)23/h3-10,16,19H,1-2H3,(H,24,27)(H,25,26). The van der Waals surface area contributed by atoms with Crippen LogP contribution in [0.15, 0.2) is 42.5 Å². The zero-order valence-corrected chi connectivity index (χ0v) is 15.8. The molecule has 150 valence electrons. The summed E-state index contributed by atoms with van der Waals surface area (Å²) in [6, 6.07) is 7.81. The largest absolute Gasteiger partial charge is 0.433 e. The van der Waals surface area contributed by atoms with Gasteiger partial charge < -0.3 is 15.4 Å². The average Bonchev–Trinajstić information content (AvgIpc) is 2.61. The number of amides is 2. The number of nitrogens with one attached hydrogen (secondary N) is 2. The zero-order chi connectivity index (χ0) is 20.8. The van der Waals surface area contributed by atoms with Crippen molar-refractivity contribution in [3.8, 4) is 5.75 Å². The van der Waals surface area contributed by atoms with E-state index in [4.69, 9.17) is 11.6 Å². The number of ether oxygens (including phenoxy) is 1. The summed E-state index contributed by atoms with van der Waals surface area (Å²) in [5, 5.41) is 5.06. The number of carbonyl (C=O) groups excluding carboxylic acids is 2. The molecule has 0 bridgehead atoms. The molecule has 0 radical (unpaired) electrons. The maximum Gasteiger partial charge on any atom is 0.387 e. The lowest BCUT2D eigenvalue weighted by Gasteiger charge is -2.22. The van der Waals surface area contributed by atoms with Gasteiger partial charge in [-0.25, -0.2) is 4.39 Å². The summed E-state index contributed by atoms with van der Waals surface area (Å²) in [5.74, 6) is -2.02. The number of benzene rings is 2. The molecular formula is C19H18ClF3N2O3. The molecule has 0 aliphatic carbocycles. The summed E-state index contributed by atoms with van der Waals surface area (Å²) >= 11 is 5.87. The van der Waals surface area contributed by atoms with E-state index in [9.17, 15) is 22.8 Å². The van der Waals surface area contributed by atoms with Crippen LogP contribution in [-0.2, 0) is 4.79 Å². The molecule has 2 aromatic carbocycles. The summed E-state index contributed by atoms with van der Waals surface area (Å²) in [4.78, 5) is 24.9. The van der Waals surface area contributed by atoms with Gasteiger partial charge in [0.2, 0.25) is 5.91 Å². The quantitative estimate of drug-likeness (QED) is 0.702. The summed E-state index contributed by atoms with van der Waals surface area (Å²) in [7, 11) is 0. The molecular weight excluding hydrogens is 397 g/mol. The second-order valence-electron chi connectivity index (χ2n) is 6.21. The first-order chi connectivity index (χ1) is 13.2. The molecule has 0 spiro atoms. The van der Waals surface area contributed by atoms with Crippen LogP contribution in [0.1, 0.15) is 24.2 Å². The van der Waals surface area contributed by atoms with Gasteiger partial charge in [-0.15, -0.1) is 0 Å². The van der Waals surface area contributed by atoms with Crippen LogP contribution >= 0.6 is 11.6 Å². The summed E-state index contributed by atoms with van der Waals surface area (Å²) < 4.78 is 41.8. The van der Waals surface area contributed by atoms with Crippen molar-refractivity contribution in [2.24, 2.45) is 5.92 Å². The maximum atomic E-state index is 13.0. The van der Waals surface area contributed by atoms with Crippen molar-refractivity contribution in [2.75, 3.05) is 5.32 Å². The van der Waals surface area contributed by atoms with Crippen molar-refractivity contribution in [3.05, 3.63) is 58.9 Å². The van der Waals surface area contributed by atoms with Crippen molar-refractivity contribution in [1.82, 2.24) is 5.32 Å². The number of hydrogen-bond acceptors (Lipinski definition) is 3. The average molecular weight is 415 g/mol. The Kier molecular flexibility index (Phi) is 7.28. The van der Waals surface area contributed by atoms with E-state index in [1.165, 1.54) is 30.3 Å². The van der Waals surface area contributed by atoms with E-state index < -0.39 is 30.3 Å². The molecule has 0 aromatic heterocycles. The highest BCUT2D eigenvalue weighted by Crippen LogP contribution is 2.29. The molecule has 2 amide bonds. The van der Waals surface area contributed by atoms with Gasteiger partial charge in [0, 0.05) is 11.3 Å². The molecule has 2 rings (SSSR count). The van der Waals surface area contributed by atoms with Crippen LogP contribution in [0.3, 0.4) is 0 Å². The minimum atomic E-state index is -3.02. The Morgan fingerprint density at radius 1 is 1.07 bits per heavy atom. The van der Waals surface area contributed by atoms with E-state index in [0.29, 0.717) is 0 Å². The Morgan fingerprint density at radius 3 is 2.25 bits per heavy atom. The molecule has 0 saturated heterocycles. The van der Waals surface area contributed by atoms with Gasteiger partial charge in [0.25, 0.3) is 5.91 Å². The summed E-state index contributed by atoms with van der Waals surface area (Å²) in [5.41, 5.74) is 0.453. The Hall–Kier alpha value is -2.74. The second-order valence-corrected chi connectivity index (χ2v) is 6.62. The fourth-order valence-electron chi connectivity index (χ4n) is 2.35. The maximum absolute atomic E-state index is 13.0. The van der Waals surface area contributed by atoms with Crippen LogP contribution in [0.2, 0.25) is 5.02 Å². The fourth-order valence-corrected chi connectivity index (χ4v) is 2.58. The van der Waals surface area contributed by atoms with Crippen LogP contribution < -0.4 is 15.4 Å². The van der Waals surface area contributed by atoms with Gasteiger partial charge in [-0.2, -0.15) is 8.78 Å². The van der Waals surface area contributed by atoms with E-state index >= 15 is 0 Å². The number of anilines is 1. The first kappa shape index (κ1) is 21.6. The van der Waals surface area contributed by atoms with E-state index in [-0.39, 0.29) is 27.9 Å². The van der Waals surface area contributed by atoms with Crippen molar-refractivity contribution in [1.29, 1.82) is 0 Å². The molecule has 0 heterocycles. The van der Waals surface area contributed by atoms with E-state index in [1.807, 2.05) is 0 Å². The molecule has 2 N–H and O–H groups in total. The molecule has 28 heavy (non-hydrogen) atoms. The van der Waals surface area contributed by atoms with E-state index in [1.54, 1.807) is 13.8 Å². The van der Waals surface area contributed by atoms with Crippen LogP contribution in [-0.4, -0.2) is 24.5 Å². The van der Waals surface area contributed by atoms with Gasteiger partial charge in [-0.05, 0) is 48.4 Å².